The standard InChI is InChI=1S/2C15H12N4O.C8H10N4.C8H6O2.9C2H6.4CH4.HI/c2*1-9-6-16-14-13(18-9)12(7-17-14)19-8-10-4-2-3-5-11(10)15(19)20;1-5-3-10-8-7(11-5)6(9)4-12(8)2;9-8-7-4-2-1-3-6(7)5-10-8;9*1-2;;;;;/h2*2-7H,8H2,1H3,(H,16,17);3-4H,9H2,1-2H3;1-4H,5H2;9*1-2H3;4*1H4;1H. The normalized spacial score (nSPS) is 10.5. The van der Waals surface area contributed by atoms with Gasteiger partial charge in [-0.2, -0.15) is 0 Å². The molecule has 0 unspecified atom stereocenters. The molecule has 16 nitrogen and oxygen atoms in total. The van der Waals surface area contributed by atoms with Crippen LogP contribution in [0.3, 0.4) is 0 Å². The molecule has 0 saturated carbocycles. The maximum Gasteiger partial charge on any atom is 0.338 e. The highest BCUT2D eigenvalue weighted by molar-refractivity contribution is 14.0. The molecule has 3 aliphatic rings. The summed E-state index contributed by atoms with van der Waals surface area (Å²) >= 11 is 0. The lowest BCUT2D eigenvalue weighted by Gasteiger charge is -2.13. The second-order valence-corrected chi connectivity index (χ2v) is 15.0. The number of nitrogens with zero attached hydrogens (tertiary/aromatic N) is 9. The monoisotopic (exact) mass is 1290 g/mol. The molecule has 0 fully saturated rings. The average molecular weight is 1290 g/mol. The summed E-state index contributed by atoms with van der Waals surface area (Å²) in [4.78, 5) is 71.5. The average Bonchev–Trinajstić information content (AvgIpc) is 2.99. The fourth-order valence-electron chi connectivity index (χ4n) is 7.56. The molecule has 0 bridgehead atoms. The number of carbonyl (C=O) groups excluding carboxylic acids is 3. The second kappa shape index (κ2) is 48.8. The van der Waals surface area contributed by atoms with Gasteiger partial charge in [-0.25, -0.2) is 34.7 Å². The van der Waals surface area contributed by atoms with Crippen molar-refractivity contribution in [3.63, 3.8) is 0 Å². The van der Waals surface area contributed by atoms with Gasteiger partial charge in [0.05, 0.1) is 71.4 Å². The highest BCUT2D eigenvalue weighted by atomic mass is 127. The first kappa shape index (κ1) is 88.7. The van der Waals surface area contributed by atoms with Gasteiger partial charge in [0.25, 0.3) is 11.8 Å². The Bertz CT molecular complexity index is 3080. The van der Waals surface area contributed by atoms with Crippen LogP contribution in [-0.2, 0) is 31.5 Å². The number of carbonyl (C=O) groups is 3. The molecule has 0 spiro atoms. The summed E-state index contributed by atoms with van der Waals surface area (Å²) in [5, 5.41) is 0. The highest BCUT2D eigenvalue weighted by Crippen LogP contribution is 2.33. The molecule has 0 saturated heterocycles. The molecule has 6 aromatic heterocycles. The number of ether oxygens (including phenoxy) is 1. The van der Waals surface area contributed by atoms with Crippen molar-refractivity contribution in [3.05, 3.63) is 160 Å². The van der Waals surface area contributed by atoms with Gasteiger partial charge in [0.15, 0.2) is 16.9 Å². The van der Waals surface area contributed by atoms with Crippen LogP contribution in [0.2, 0.25) is 0 Å². The molecule has 9 heterocycles. The third kappa shape index (κ3) is 23.1. The van der Waals surface area contributed by atoms with Gasteiger partial charge in [-0.1, -0.05) is 209 Å². The van der Waals surface area contributed by atoms with Crippen molar-refractivity contribution in [3.8, 4) is 0 Å². The first-order chi connectivity index (χ1) is 39.0. The van der Waals surface area contributed by atoms with Crippen LogP contribution < -0.4 is 15.5 Å². The quantitative estimate of drug-likeness (QED) is 0.110. The summed E-state index contributed by atoms with van der Waals surface area (Å²) in [7, 11) is 1.91. The van der Waals surface area contributed by atoms with Crippen molar-refractivity contribution in [1.82, 2.24) is 44.4 Å². The number of nitrogen functional groups attached to an aromatic ring is 1. The number of hydrogen-bond acceptors (Lipinski definition) is 11. The highest BCUT2D eigenvalue weighted by Gasteiger charge is 2.31. The Hall–Kier alpha value is -7.54. The van der Waals surface area contributed by atoms with Crippen LogP contribution in [0.1, 0.15) is 219 Å². The summed E-state index contributed by atoms with van der Waals surface area (Å²) < 4.78 is 6.66. The zero-order valence-corrected chi connectivity index (χ0v) is 55.0. The number of rotatable bonds is 2. The molecule has 3 aliphatic heterocycles. The summed E-state index contributed by atoms with van der Waals surface area (Å²) in [6.45, 7) is 43.3. The number of H-pyrrole nitrogens is 2. The number of amides is 2. The van der Waals surface area contributed by atoms with Gasteiger partial charge in [0.2, 0.25) is 0 Å². The predicted octanol–water partition coefficient (Wildman–Crippen LogP) is 19.5. The summed E-state index contributed by atoms with van der Waals surface area (Å²) in [6, 6.07) is 22.8. The molecule has 9 aromatic rings. The van der Waals surface area contributed by atoms with Gasteiger partial charge in [-0.15, -0.1) is 24.0 Å². The van der Waals surface area contributed by atoms with E-state index >= 15 is 0 Å². The van der Waals surface area contributed by atoms with Crippen molar-refractivity contribution in [2.75, 3.05) is 15.5 Å². The molecule has 474 valence electrons. The van der Waals surface area contributed by atoms with E-state index in [0.717, 1.165) is 78.5 Å². The summed E-state index contributed by atoms with van der Waals surface area (Å²) in [6.07, 6.45) is 10.6. The van der Waals surface area contributed by atoms with Crippen molar-refractivity contribution < 1.29 is 19.1 Å². The molecule has 0 aliphatic carbocycles. The number of hydrogen-bond donors (Lipinski definition) is 3. The van der Waals surface area contributed by atoms with E-state index in [2.05, 4.69) is 39.9 Å². The topological polar surface area (TPSA) is 207 Å². The van der Waals surface area contributed by atoms with Crippen molar-refractivity contribution in [2.45, 2.75) is 195 Å². The summed E-state index contributed by atoms with van der Waals surface area (Å²) in [5.41, 5.74) is 20.4. The van der Waals surface area contributed by atoms with E-state index < -0.39 is 0 Å². The molecule has 3 aromatic carbocycles. The Kier molecular flexibility index (Phi) is 50.9. The van der Waals surface area contributed by atoms with E-state index in [1.54, 1.807) is 46.9 Å². The van der Waals surface area contributed by atoms with Gasteiger partial charge in [0, 0.05) is 42.3 Å². The zero-order valence-electron chi connectivity index (χ0n) is 52.7. The molecule has 85 heavy (non-hydrogen) atoms. The second-order valence-electron chi connectivity index (χ2n) is 15.0. The van der Waals surface area contributed by atoms with E-state index in [-0.39, 0.29) is 71.5 Å². The molecule has 4 N–H and O–H groups in total. The van der Waals surface area contributed by atoms with Gasteiger partial charge >= 0.3 is 5.97 Å². The molecule has 0 atom stereocenters. The Balaban J connectivity index is -0.000000225. The number of aryl methyl sites for hydroxylation is 4. The minimum absolute atomic E-state index is 0. The van der Waals surface area contributed by atoms with Crippen LogP contribution in [0, 0.1) is 20.8 Å². The third-order valence-electron chi connectivity index (χ3n) is 10.6. The SMILES string of the molecule is C.C.C.C.CC.CC.CC.CC.CC.CC.CC.CC.CC.Cc1cnc2[nH]cc(N3Cc4ccccc4C3=O)c2n1.Cc1cnc2[nH]cc(N3Cc4ccccc4C3=O)c2n1.Cc1cnc2c(n1)c(N)cn2C.I.O=C1OCc2ccccc21. The predicted molar refractivity (Wildman–Crippen MR) is 379 cm³/mol. The number of nitrogens with two attached hydrogens (primary N) is 1. The van der Waals surface area contributed by atoms with Gasteiger partial charge < -0.3 is 34.8 Å². The van der Waals surface area contributed by atoms with Crippen LogP contribution in [-0.4, -0.2) is 62.2 Å². The van der Waals surface area contributed by atoms with Crippen LogP contribution in [0.4, 0.5) is 17.1 Å². The van der Waals surface area contributed by atoms with Crippen molar-refractivity contribution >= 4 is 92.3 Å². The smallest absolute Gasteiger partial charge is 0.338 e. The number of fused-ring (bicyclic) bond motifs is 6. The number of nitrogens with one attached hydrogen (secondary N) is 2. The molecule has 12 rings (SSSR count). The molecular weight excluding hydrogens is 1180 g/mol. The number of benzene rings is 3. The van der Waals surface area contributed by atoms with Crippen LogP contribution >= 0.6 is 24.0 Å². The number of aromatic nitrogens is 9. The lowest BCUT2D eigenvalue weighted by molar-refractivity contribution is 0.0534. The molecule has 2 amide bonds. The Morgan fingerprint density at radius 3 is 1.16 bits per heavy atom. The Morgan fingerprint density at radius 1 is 0.471 bits per heavy atom. The number of cyclic esters (lactones) is 1. The lowest BCUT2D eigenvalue weighted by Crippen LogP contribution is -2.22. The maximum atomic E-state index is 12.5. The van der Waals surface area contributed by atoms with Crippen molar-refractivity contribution in [2.24, 2.45) is 7.05 Å². The Labute approximate surface area is 530 Å². The largest absolute Gasteiger partial charge is 0.457 e. The molecular formula is C68H111IN12O4. The van der Waals surface area contributed by atoms with E-state index in [1.165, 1.54) is 0 Å². The fraction of sp³-hybridized carbons (Fsp3) is 0.426. The number of anilines is 3. The maximum absolute atomic E-state index is 12.5. The minimum Gasteiger partial charge on any atom is -0.457 e. The first-order valence-electron chi connectivity index (χ1n) is 28.7. The van der Waals surface area contributed by atoms with E-state index in [0.29, 0.717) is 42.2 Å². The number of esters is 1. The number of halogens is 1. The van der Waals surface area contributed by atoms with Gasteiger partial charge in [-0.05, 0) is 50.1 Å². The number of aromatic amines is 2. The summed E-state index contributed by atoms with van der Waals surface area (Å²) in [5.74, 6) is -0.162. The first-order valence-corrected chi connectivity index (χ1v) is 28.7. The van der Waals surface area contributed by atoms with Crippen LogP contribution in [0.5, 0.6) is 0 Å². The van der Waals surface area contributed by atoms with Crippen LogP contribution in [0.15, 0.2) is 110 Å². The minimum atomic E-state index is -0.199. The van der Waals surface area contributed by atoms with Gasteiger partial charge in [-0.3, -0.25) is 9.59 Å². The van der Waals surface area contributed by atoms with Gasteiger partial charge in [0.1, 0.15) is 23.2 Å². The Morgan fingerprint density at radius 2 is 0.800 bits per heavy atom. The van der Waals surface area contributed by atoms with E-state index in [9.17, 15) is 14.4 Å². The molecule has 17 heteroatoms. The van der Waals surface area contributed by atoms with Crippen molar-refractivity contribution in [1.29, 1.82) is 0 Å². The lowest BCUT2D eigenvalue weighted by atomic mass is 10.1. The van der Waals surface area contributed by atoms with E-state index in [4.69, 9.17) is 10.5 Å². The third-order valence-corrected chi connectivity index (χ3v) is 10.6. The molecule has 0 radical (unpaired) electrons. The van der Waals surface area contributed by atoms with Crippen LogP contribution in [0.25, 0.3) is 33.5 Å². The van der Waals surface area contributed by atoms with E-state index in [1.807, 2.05) is 230 Å². The fourth-order valence-corrected chi connectivity index (χ4v) is 7.56. The zero-order chi connectivity index (χ0) is 61.1.